The Morgan fingerprint density at radius 2 is 2.44 bits per heavy atom. The van der Waals surface area contributed by atoms with Gasteiger partial charge in [-0.2, -0.15) is 5.26 Å². The third-order valence-corrected chi connectivity index (χ3v) is 2.85. The number of morpholine rings is 1. The molecule has 1 aromatic carbocycles. The number of hydrogen-bond donors (Lipinski definition) is 1. The quantitative estimate of drug-likeness (QED) is 0.846. The zero-order chi connectivity index (χ0) is 13.0. The number of nitrogens with zero attached hydrogens (tertiary/aromatic N) is 2. The number of anilines is 1. The van der Waals surface area contributed by atoms with E-state index in [2.05, 4.69) is 5.32 Å². The number of urea groups is 1. The molecule has 0 saturated carbocycles. The summed E-state index contributed by atoms with van der Waals surface area (Å²) in [6.45, 7) is 1.10. The highest BCUT2D eigenvalue weighted by molar-refractivity contribution is 6.30. The number of hydrogen-bond acceptors (Lipinski definition) is 3. The summed E-state index contributed by atoms with van der Waals surface area (Å²) in [7, 11) is 0. The highest BCUT2D eigenvalue weighted by Crippen LogP contribution is 2.16. The van der Waals surface area contributed by atoms with Gasteiger partial charge in [-0.25, -0.2) is 4.79 Å². The predicted molar refractivity (Wildman–Crippen MR) is 67.4 cm³/mol. The molecule has 0 radical (unpaired) electrons. The summed E-state index contributed by atoms with van der Waals surface area (Å²) >= 11 is 5.83. The van der Waals surface area contributed by atoms with Crippen LogP contribution in [0.5, 0.6) is 0 Å². The van der Waals surface area contributed by atoms with E-state index in [0.717, 1.165) is 0 Å². The maximum Gasteiger partial charge on any atom is 0.323 e. The summed E-state index contributed by atoms with van der Waals surface area (Å²) in [6, 6.07) is 8.06. The Labute approximate surface area is 110 Å². The van der Waals surface area contributed by atoms with E-state index in [1.165, 1.54) is 4.90 Å². The van der Waals surface area contributed by atoms with E-state index < -0.39 is 6.04 Å². The van der Waals surface area contributed by atoms with Crippen molar-refractivity contribution in [3.8, 4) is 6.07 Å². The molecule has 2 rings (SSSR count). The van der Waals surface area contributed by atoms with Gasteiger partial charge in [-0.05, 0) is 18.2 Å². The molecule has 1 fully saturated rings. The molecule has 1 atom stereocenters. The van der Waals surface area contributed by atoms with Crippen LogP contribution in [0.15, 0.2) is 24.3 Å². The molecule has 0 aliphatic carbocycles. The lowest BCUT2D eigenvalue weighted by molar-refractivity contribution is 0.0341. The van der Waals surface area contributed by atoms with E-state index in [9.17, 15) is 4.79 Å². The van der Waals surface area contributed by atoms with Crippen molar-refractivity contribution >= 4 is 23.3 Å². The van der Waals surface area contributed by atoms with Gasteiger partial charge in [-0.15, -0.1) is 0 Å². The number of benzene rings is 1. The van der Waals surface area contributed by atoms with Crippen LogP contribution in [-0.2, 0) is 4.74 Å². The van der Waals surface area contributed by atoms with Crippen LogP contribution < -0.4 is 5.32 Å². The number of halogens is 1. The second-order valence-corrected chi connectivity index (χ2v) is 4.29. The van der Waals surface area contributed by atoms with Gasteiger partial charge >= 0.3 is 6.03 Å². The molecule has 18 heavy (non-hydrogen) atoms. The van der Waals surface area contributed by atoms with Crippen LogP contribution in [0.2, 0.25) is 5.02 Å². The molecular weight excluding hydrogens is 254 g/mol. The smallest absolute Gasteiger partial charge is 0.323 e. The first kappa shape index (κ1) is 12.7. The minimum absolute atomic E-state index is 0.249. The Morgan fingerprint density at radius 3 is 3.17 bits per heavy atom. The number of carbonyl (C=O) groups is 1. The average Bonchev–Trinajstić information content (AvgIpc) is 2.38. The normalized spacial score (nSPS) is 19.1. The SMILES string of the molecule is N#CC1COCCN1C(=O)Nc1cccc(Cl)c1. The second-order valence-electron chi connectivity index (χ2n) is 3.85. The van der Waals surface area contributed by atoms with Gasteiger partial charge in [0.1, 0.15) is 6.04 Å². The largest absolute Gasteiger partial charge is 0.376 e. The van der Waals surface area contributed by atoms with Crippen molar-refractivity contribution in [2.75, 3.05) is 25.1 Å². The van der Waals surface area contributed by atoms with Gasteiger partial charge in [-0.1, -0.05) is 17.7 Å². The Kier molecular flexibility index (Phi) is 4.03. The van der Waals surface area contributed by atoms with Gasteiger partial charge < -0.3 is 15.0 Å². The zero-order valence-corrected chi connectivity index (χ0v) is 10.4. The summed E-state index contributed by atoms with van der Waals surface area (Å²) < 4.78 is 5.16. The zero-order valence-electron chi connectivity index (χ0n) is 9.60. The molecule has 0 bridgehead atoms. The molecule has 1 aliphatic heterocycles. The van der Waals surface area contributed by atoms with Crippen LogP contribution in [0.25, 0.3) is 0 Å². The molecule has 1 aromatic rings. The summed E-state index contributed by atoms with van der Waals surface area (Å²) in [6.07, 6.45) is 0. The fourth-order valence-electron chi connectivity index (χ4n) is 1.72. The van der Waals surface area contributed by atoms with Crippen LogP contribution >= 0.6 is 11.6 Å². The molecule has 1 saturated heterocycles. The Morgan fingerprint density at radius 1 is 1.61 bits per heavy atom. The first-order chi connectivity index (χ1) is 8.70. The maximum absolute atomic E-state index is 12.0. The van der Waals surface area contributed by atoms with Crippen LogP contribution in [0, 0.1) is 11.3 Å². The van der Waals surface area contributed by atoms with Crippen molar-refractivity contribution in [3.63, 3.8) is 0 Å². The summed E-state index contributed by atoms with van der Waals surface area (Å²) in [5, 5.41) is 12.2. The van der Waals surface area contributed by atoms with Gasteiger partial charge in [0.15, 0.2) is 0 Å². The molecule has 5 nitrogen and oxygen atoms in total. The Hall–Kier alpha value is -1.77. The predicted octanol–water partition coefficient (Wildman–Crippen LogP) is 2.10. The van der Waals surface area contributed by atoms with E-state index in [1.807, 2.05) is 6.07 Å². The highest BCUT2D eigenvalue weighted by atomic mass is 35.5. The molecule has 1 N–H and O–H groups in total. The van der Waals surface area contributed by atoms with Crippen molar-refractivity contribution in [1.82, 2.24) is 4.90 Å². The van der Waals surface area contributed by atoms with Crippen LogP contribution in [0.3, 0.4) is 0 Å². The first-order valence-electron chi connectivity index (χ1n) is 5.51. The van der Waals surface area contributed by atoms with E-state index >= 15 is 0 Å². The molecule has 0 spiro atoms. The molecule has 6 heteroatoms. The fraction of sp³-hybridized carbons (Fsp3) is 0.333. The fourth-order valence-corrected chi connectivity index (χ4v) is 1.91. The van der Waals surface area contributed by atoms with Gasteiger partial charge in [0.05, 0.1) is 19.3 Å². The minimum Gasteiger partial charge on any atom is -0.376 e. The topological polar surface area (TPSA) is 65.4 Å². The average molecular weight is 266 g/mol. The summed E-state index contributed by atoms with van der Waals surface area (Å²) in [5.74, 6) is 0. The van der Waals surface area contributed by atoms with Crippen molar-refractivity contribution in [2.24, 2.45) is 0 Å². The highest BCUT2D eigenvalue weighted by Gasteiger charge is 2.27. The molecule has 1 heterocycles. The standard InChI is InChI=1S/C12H12ClN3O2/c13-9-2-1-3-10(6-9)15-12(17)16-4-5-18-8-11(16)7-14/h1-3,6,11H,4-5,8H2,(H,15,17). The van der Waals surface area contributed by atoms with E-state index in [1.54, 1.807) is 24.3 Å². The first-order valence-corrected chi connectivity index (χ1v) is 5.89. The van der Waals surface area contributed by atoms with Gasteiger partial charge in [0, 0.05) is 17.3 Å². The molecule has 1 unspecified atom stereocenters. The third-order valence-electron chi connectivity index (χ3n) is 2.61. The monoisotopic (exact) mass is 265 g/mol. The minimum atomic E-state index is -0.544. The van der Waals surface area contributed by atoms with Gasteiger partial charge in [0.2, 0.25) is 0 Å². The molecule has 0 aromatic heterocycles. The summed E-state index contributed by atoms with van der Waals surface area (Å²) in [5.41, 5.74) is 0.607. The number of ether oxygens (including phenoxy) is 1. The van der Waals surface area contributed by atoms with E-state index in [-0.39, 0.29) is 12.6 Å². The van der Waals surface area contributed by atoms with E-state index in [4.69, 9.17) is 21.6 Å². The van der Waals surface area contributed by atoms with Crippen LogP contribution in [-0.4, -0.2) is 36.7 Å². The number of carbonyl (C=O) groups excluding carboxylic acids is 1. The van der Waals surface area contributed by atoms with Crippen molar-refractivity contribution in [3.05, 3.63) is 29.3 Å². The van der Waals surface area contributed by atoms with Crippen molar-refractivity contribution in [2.45, 2.75) is 6.04 Å². The lowest BCUT2D eigenvalue weighted by Crippen LogP contribution is -2.49. The van der Waals surface area contributed by atoms with Crippen molar-refractivity contribution in [1.29, 1.82) is 5.26 Å². The molecule has 1 aliphatic rings. The number of amides is 2. The van der Waals surface area contributed by atoms with Crippen LogP contribution in [0.4, 0.5) is 10.5 Å². The van der Waals surface area contributed by atoms with Crippen molar-refractivity contribution < 1.29 is 9.53 Å². The lowest BCUT2D eigenvalue weighted by atomic mass is 10.2. The molecule has 94 valence electrons. The number of nitrogens with one attached hydrogen (secondary N) is 1. The summed E-state index contributed by atoms with van der Waals surface area (Å²) in [4.78, 5) is 13.5. The third kappa shape index (κ3) is 2.92. The van der Waals surface area contributed by atoms with Gasteiger partial charge in [-0.3, -0.25) is 0 Å². The number of rotatable bonds is 1. The Balaban J connectivity index is 2.05. The number of nitriles is 1. The second kappa shape index (κ2) is 5.71. The molecular formula is C12H12ClN3O2. The van der Waals surface area contributed by atoms with E-state index in [0.29, 0.717) is 23.9 Å². The van der Waals surface area contributed by atoms with Crippen LogP contribution in [0.1, 0.15) is 0 Å². The lowest BCUT2D eigenvalue weighted by Gasteiger charge is -2.31. The molecule has 2 amide bonds. The Bertz CT molecular complexity index is 486. The van der Waals surface area contributed by atoms with Gasteiger partial charge in [0.25, 0.3) is 0 Å². The maximum atomic E-state index is 12.0.